The van der Waals surface area contributed by atoms with Crippen LogP contribution in [0.3, 0.4) is 0 Å². The van der Waals surface area contributed by atoms with E-state index in [-0.39, 0.29) is 5.89 Å². The summed E-state index contributed by atoms with van der Waals surface area (Å²) in [6.45, 7) is 0. The molecule has 1 aromatic heterocycles. The van der Waals surface area contributed by atoms with Crippen LogP contribution in [0.15, 0.2) is 59.1 Å². The molecule has 0 amide bonds. The van der Waals surface area contributed by atoms with Gasteiger partial charge in [-0.3, -0.25) is 0 Å². The summed E-state index contributed by atoms with van der Waals surface area (Å²) in [5, 5.41) is 4.99. The Morgan fingerprint density at radius 2 is 1.71 bits per heavy atom. The summed E-state index contributed by atoms with van der Waals surface area (Å²) in [4.78, 5) is 4.29. The first-order valence-corrected chi connectivity index (χ1v) is 7.00. The molecule has 5 heteroatoms. The quantitative estimate of drug-likeness (QED) is 0.672. The number of nitrogens with zero attached hydrogens (tertiary/aromatic N) is 2. The highest BCUT2D eigenvalue weighted by Crippen LogP contribution is 2.24. The van der Waals surface area contributed by atoms with Crippen LogP contribution in [-0.2, 0) is 0 Å². The Bertz CT molecular complexity index is 764. The second kappa shape index (κ2) is 6.12. The Hall–Kier alpha value is -2.10. The first kappa shape index (κ1) is 13.9. The van der Waals surface area contributed by atoms with Crippen LogP contribution in [0.1, 0.15) is 11.5 Å². The second-order valence-electron chi connectivity index (χ2n) is 4.33. The molecule has 0 unspecified atom stereocenters. The van der Waals surface area contributed by atoms with E-state index in [2.05, 4.69) is 10.1 Å². The van der Waals surface area contributed by atoms with Gasteiger partial charge in [-0.05, 0) is 23.8 Å². The summed E-state index contributed by atoms with van der Waals surface area (Å²) in [6, 6.07) is 16.9. The normalized spacial score (nSPS) is 11.6. The van der Waals surface area contributed by atoms with E-state index >= 15 is 0 Å². The van der Waals surface area contributed by atoms with Crippen molar-refractivity contribution in [3.8, 4) is 11.4 Å². The fourth-order valence-electron chi connectivity index (χ4n) is 1.79. The lowest BCUT2D eigenvalue weighted by molar-refractivity contribution is 0.410. The summed E-state index contributed by atoms with van der Waals surface area (Å²) >= 11 is 12.1. The third-order valence-electron chi connectivity index (χ3n) is 2.83. The molecular weight excluding hydrogens is 307 g/mol. The van der Waals surface area contributed by atoms with Crippen molar-refractivity contribution >= 4 is 34.3 Å². The predicted octanol–water partition coefficient (Wildman–Crippen LogP) is 5.13. The minimum absolute atomic E-state index is 0.283. The van der Waals surface area contributed by atoms with E-state index < -0.39 is 0 Å². The van der Waals surface area contributed by atoms with Crippen molar-refractivity contribution in [1.29, 1.82) is 0 Å². The Labute approximate surface area is 131 Å². The van der Waals surface area contributed by atoms with Crippen molar-refractivity contribution in [3.63, 3.8) is 0 Å². The van der Waals surface area contributed by atoms with Crippen LogP contribution < -0.4 is 0 Å². The molecule has 3 nitrogen and oxygen atoms in total. The van der Waals surface area contributed by atoms with Gasteiger partial charge in [0.2, 0.25) is 5.82 Å². The van der Waals surface area contributed by atoms with E-state index in [0.717, 1.165) is 11.1 Å². The highest BCUT2D eigenvalue weighted by Gasteiger charge is 2.11. The van der Waals surface area contributed by atoms with E-state index in [1.807, 2.05) is 42.5 Å². The SMILES string of the molecule is Cl/C(=C\c1ccc(Cl)cc1)c1nc(-c2ccccc2)no1. The molecule has 0 aliphatic heterocycles. The molecule has 104 valence electrons. The van der Waals surface area contributed by atoms with Gasteiger partial charge in [-0.2, -0.15) is 4.98 Å². The number of aromatic nitrogens is 2. The topological polar surface area (TPSA) is 38.9 Å². The molecule has 0 aliphatic carbocycles. The monoisotopic (exact) mass is 316 g/mol. The molecule has 0 aliphatic rings. The largest absolute Gasteiger partial charge is 0.333 e. The number of halogens is 2. The summed E-state index contributed by atoms with van der Waals surface area (Å²) in [5.41, 5.74) is 1.78. The molecule has 0 saturated heterocycles. The summed E-state index contributed by atoms with van der Waals surface area (Å²) in [5.74, 6) is 0.790. The summed E-state index contributed by atoms with van der Waals surface area (Å²) in [7, 11) is 0. The fourth-order valence-corrected chi connectivity index (χ4v) is 2.12. The zero-order valence-corrected chi connectivity index (χ0v) is 12.3. The van der Waals surface area contributed by atoms with Crippen molar-refractivity contribution in [2.24, 2.45) is 0 Å². The van der Waals surface area contributed by atoms with Gasteiger partial charge < -0.3 is 4.52 Å². The zero-order valence-electron chi connectivity index (χ0n) is 10.8. The fraction of sp³-hybridized carbons (Fsp3) is 0. The number of rotatable bonds is 3. The van der Waals surface area contributed by atoms with Crippen LogP contribution in [0.2, 0.25) is 5.02 Å². The molecule has 3 rings (SSSR count). The predicted molar refractivity (Wildman–Crippen MR) is 84.9 cm³/mol. The zero-order chi connectivity index (χ0) is 14.7. The standard InChI is InChI=1S/C16H10Cl2N2O/c17-13-8-6-11(7-9-13)10-14(18)16-19-15(20-21-16)12-4-2-1-3-5-12/h1-10H/b14-10-. The summed E-state index contributed by atoms with van der Waals surface area (Å²) in [6.07, 6.45) is 1.75. The molecule has 0 spiro atoms. The Morgan fingerprint density at radius 1 is 1.00 bits per heavy atom. The summed E-state index contributed by atoms with van der Waals surface area (Å²) < 4.78 is 5.19. The van der Waals surface area contributed by atoms with Crippen LogP contribution in [-0.4, -0.2) is 10.1 Å². The van der Waals surface area contributed by atoms with Crippen LogP contribution in [0, 0.1) is 0 Å². The van der Waals surface area contributed by atoms with E-state index in [9.17, 15) is 0 Å². The van der Waals surface area contributed by atoms with Crippen molar-refractivity contribution in [1.82, 2.24) is 10.1 Å². The molecule has 1 heterocycles. The van der Waals surface area contributed by atoms with Crippen molar-refractivity contribution in [2.45, 2.75) is 0 Å². The highest BCUT2D eigenvalue weighted by molar-refractivity contribution is 6.50. The average Bonchev–Trinajstić information content (AvgIpc) is 3.00. The van der Waals surface area contributed by atoms with Gasteiger partial charge in [0.25, 0.3) is 5.89 Å². The van der Waals surface area contributed by atoms with Gasteiger partial charge in [0, 0.05) is 10.6 Å². The third kappa shape index (κ3) is 3.32. The second-order valence-corrected chi connectivity index (χ2v) is 5.18. The van der Waals surface area contributed by atoms with Crippen LogP contribution in [0.4, 0.5) is 0 Å². The molecule has 2 aromatic carbocycles. The molecule has 0 atom stereocenters. The van der Waals surface area contributed by atoms with Gasteiger partial charge in [-0.15, -0.1) is 0 Å². The third-order valence-corrected chi connectivity index (χ3v) is 3.35. The van der Waals surface area contributed by atoms with Crippen molar-refractivity contribution < 1.29 is 4.52 Å². The van der Waals surface area contributed by atoms with Gasteiger partial charge in [0.15, 0.2) is 0 Å². The maximum atomic E-state index is 6.21. The molecule has 0 bridgehead atoms. The van der Waals surface area contributed by atoms with Crippen LogP contribution >= 0.6 is 23.2 Å². The van der Waals surface area contributed by atoms with Gasteiger partial charge in [-0.1, -0.05) is 70.8 Å². The first-order chi connectivity index (χ1) is 10.2. The van der Waals surface area contributed by atoms with Crippen LogP contribution in [0.5, 0.6) is 0 Å². The lowest BCUT2D eigenvalue weighted by Gasteiger charge is -1.95. The van der Waals surface area contributed by atoms with E-state index in [4.69, 9.17) is 27.7 Å². The lowest BCUT2D eigenvalue weighted by Crippen LogP contribution is -1.81. The van der Waals surface area contributed by atoms with Gasteiger partial charge in [0.05, 0.1) is 0 Å². The van der Waals surface area contributed by atoms with Gasteiger partial charge >= 0.3 is 0 Å². The maximum Gasteiger partial charge on any atom is 0.269 e. The molecule has 0 fully saturated rings. The van der Waals surface area contributed by atoms with Crippen LogP contribution in [0.25, 0.3) is 22.5 Å². The molecule has 0 radical (unpaired) electrons. The number of benzene rings is 2. The first-order valence-electron chi connectivity index (χ1n) is 6.24. The number of hydrogen-bond acceptors (Lipinski definition) is 3. The Kier molecular flexibility index (Phi) is 4.04. The van der Waals surface area contributed by atoms with E-state index in [1.165, 1.54) is 0 Å². The maximum absolute atomic E-state index is 6.21. The van der Waals surface area contributed by atoms with Gasteiger partial charge in [-0.25, -0.2) is 0 Å². The van der Waals surface area contributed by atoms with E-state index in [0.29, 0.717) is 15.9 Å². The molecule has 21 heavy (non-hydrogen) atoms. The van der Waals surface area contributed by atoms with Crippen molar-refractivity contribution in [2.75, 3.05) is 0 Å². The molecule has 3 aromatic rings. The highest BCUT2D eigenvalue weighted by atomic mass is 35.5. The minimum atomic E-state index is 0.283. The molecule has 0 saturated carbocycles. The average molecular weight is 317 g/mol. The van der Waals surface area contributed by atoms with Gasteiger partial charge in [0.1, 0.15) is 5.03 Å². The molecular formula is C16H10Cl2N2O. The lowest BCUT2D eigenvalue weighted by atomic mass is 10.2. The number of hydrogen-bond donors (Lipinski definition) is 0. The smallest absolute Gasteiger partial charge is 0.269 e. The van der Waals surface area contributed by atoms with E-state index in [1.54, 1.807) is 18.2 Å². The molecule has 0 N–H and O–H groups in total. The minimum Gasteiger partial charge on any atom is -0.333 e. The Morgan fingerprint density at radius 3 is 2.43 bits per heavy atom. The van der Waals surface area contributed by atoms with Crippen molar-refractivity contribution in [3.05, 3.63) is 71.1 Å². The Balaban J connectivity index is 1.87.